The van der Waals surface area contributed by atoms with E-state index in [0.717, 1.165) is 24.7 Å². The topological polar surface area (TPSA) is 29.1 Å². The van der Waals surface area contributed by atoms with E-state index in [1.54, 1.807) is 13.2 Å². The Morgan fingerprint density at radius 2 is 2.33 bits per heavy atom. The first kappa shape index (κ1) is 8.21. The predicted octanol–water partition coefficient (Wildman–Crippen LogP) is 1.09. The maximum absolute atomic E-state index is 10.2. The zero-order valence-electron chi connectivity index (χ0n) is 5.98. The van der Waals surface area contributed by atoms with Gasteiger partial charge in [-0.1, -0.05) is 13.3 Å². The van der Waals surface area contributed by atoms with Crippen molar-refractivity contribution in [3.8, 4) is 0 Å². The molecule has 0 radical (unpaired) electrons. The molecule has 1 N–H and O–H groups in total. The summed E-state index contributed by atoms with van der Waals surface area (Å²) in [6, 6.07) is 0. The van der Waals surface area contributed by atoms with Gasteiger partial charge in [-0.15, -0.1) is 0 Å². The molecule has 0 aromatic rings. The SMILES string of the molecule is CCC/C(C=O)=C\NC. The lowest BCUT2D eigenvalue weighted by Gasteiger charge is -1.93. The van der Waals surface area contributed by atoms with Crippen LogP contribution in [0.25, 0.3) is 0 Å². The molecule has 0 aliphatic rings. The lowest BCUT2D eigenvalue weighted by Crippen LogP contribution is -1.97. The van der Waals surface area contributed by atoms with Crippen molar-refractivity contribution in [2.24, 2.45) is 0 Å². The molecule has 52 valence electrons. The smallest absolute Gasteiger partial charge is 0.147 e. The Balaban J connectivity index is 3.66. The largest absolute Gasteiger partial charge is 0.394 e. The standard InChI is InChI=1S/C7H13NO/c1-3-4-7(6-9)5-8-2/h5-6,8H,3-4H2,1-2H3/b7-5+. The minimum Gasteiger partial charge on any atom is -0.394 e. The number of rotatable bonds is 4. The van der Waals surface area contributed by atoms with Gasteiger partial charge in [0.1, 0.15) is 6.29 Å². The lowest BCUT2D eigenvalue weighted by molar-refractivity contribution is -0.105. The van der Waals surface area contributed by atoms with Crippen LogP contribution in [0, 0.1) is 0 Å². The van der Waals surface area contributed by atoms with E-state index >= 15 is 0 Å². The zero-order valence-corrected chi connectivity index (χ0v) is 5.98. The molecule has 0 aromatic heterocycles. The Bertz CT molecular complexity index is 107. The van der Waals surface area contributed by atoms with Crippen LogP contribution in [-0.2, 0) is 4.79 Å². The highest BCUT2D eigenvalue weighted by Gasteiger charge is 1.89. The molecule has 0 saturated carbocycles. The van der Waals surface area contributed by atoms with Crippen LogP contribution in [0.4, 0.5) is 0 Å². The van der Waals surface area contributed by atoms with Gasteiger partial charge in [0.25, 0.3) is 0 Å². The number of carbonyl (C=O) groups excluding carboxylic acids is 1. The molecular weight excluding hydrogens is 114 g/mol. The average Bonchev–Trinajstić information content (AvgIpc) is 1.88. The summed E-state index contributed by atoms with van der Waals surface area (Å²) in [5.74, 6) is 0. The first-order chi connectivity index (χ1) is 4.35. The fourth-order valence-corrected chi connectivity index (χ4v) is 0.639. The van der Waals surface area contributed by atoms with Gasteiger partial charge in [-0.2, -0.15) is 0 Å². The molecule has 0 fully saturated rings. The van der Waals surface area contributed by atoms with Crippen molar-refractivity contribution in [1.29, 1.82) is 0 Å². The maximum atomic E-state index is 10.2. The molecule has 0 spiro atoms. The second-order valence-corrected chi connectivity index (χ2v) is 1.88. The van der Waals surface area contributed by atoms with E-state index in [4.69, 9.17) is 0 Å². The third kappa shape index (κ3) is 3.76. The minimum atomic E-state index is 0.833. The quantitative estimate of drug-likeness (QED) is 0.452. The van der Waals surface area contributed by atoms with Gasteiger partial charge in [0.2, 0.25) is 0 Å². The van der Waals surface area contributed by atoms with E-state index < -0.39 is 0 Å². The molecule has 0 saturated heterocycles. The van der Waals surface area contributed by atoms with Gasteiger partial charge in [-0.05, 0) is 6.42 Å². The van der Waals surface area contributed by atoms with E-state index in [2.05, 4.69) is 5.32 Å². The van der Waals surface area contributed by atoms with Gasteiger partial charge in [-0.3, -0.25) is 4.79 Å². The second kappa shape index (κ2) is 5.35. The van der Waals surface area contributed by atoms with Crippen LogP contribution in [0.5, 0.6) is 0 Å². The summed E-state index contributed by atoms with van der Waals surface area (Å²) in [6.07, 6.45) is 4.51. The summed E-state index contributed by atoms with van der Waals surface area (Å²) in [5.41, 5.74) is 0.833. The number of nitrogens with one attached hydrogen (secondary N) is 1. The first-order valence-corrected chi connectivity index (χ1v) is 3.16. The van der Waals surface area contributed by atoms with Crippen molar-refractivity contribution in [2.45, 2.75) is 19.8 Å². The van der Waals surface area contributed by atoms with E-state index in [0.29, 0.717) is 0 Å². The van der Waals surface area contributed by atoms with Crippen molar-refractivity contribution in [2.75, 3.05) is 7.05 Å². The van der Waals surface area contributed by atoms with Crippen molar-refractivity contribution in [3.63, 3.8) is 0 Å². The highest BCUT2D eigenvalue weighted by atomic mass is 16.1. The zero-order chi connectivity index (χ0) is 7.11. The van der Waals surface area contributed by atoms with Crippen LogP contribution in [0.15, 0.2) is 11.8 Å². The summed E-state index contributed by atoms with van der Waals surface area (Å²) in [5, 5.41) is 2.81. The third-order valence-electron chi connectivity index (χ3n) is 1.02. The Morgan fingerprint density at radius 1 is 1.67 bits per heavy atom. The number of allylic oxidation sites excluding steroid dienone is 1. The Hall–Kier alpha value is -0.790. The predicted molar refractivity (Wildman–Crippen MR) is 38.1 cm³/mol. The molecule has 9 heavy (non-hydrogen) atoms. The first-order valence-electron chi connectivity index (χ1n) is 3.16. The summed E-state index contributed by atoms with van der Waals surface area (Å²) in [4.78, 5) is 10.2. The van der Waals surface area contributed by atoms with E-state index in [-0.39, 0.29) is 0 Å². The fraction of sp³-hybridized carbons (Fsp3) is 0.571. The molecule has 0 amide bonds. The lowest BCUT2D eigenvalue weighted by atomic mass is 10.2. The minimum absolute atomic E-state index is 0.833. The van der Waals surface area contributed by atoms with E-state index in [9.17, 15) is 4.79 Å². The van der Waals surface area contributed by atoms with Crippen LogP contribution in [0.2, 0.25) is 0 Å². The van der Waals surface area contributed by atoms with Crippen molar-refractivity contribution in [3.05, 3.63) is 11.8 Å². The molecule has 0 bridgehead atoms. The van der Waals surface area contributed by atoms with Crippen molar-refractivity contribution < 1.29 is 4.79 Å². The summed E-state index contributed by atoms with van der Waals surface area (Å²) in [6.45, 7) is 2.05. The number of hydrogen-bond donors (Lipinski definition) is 1. The Morgan fingerprint density at radius 3 is 2.67 bits per heavy atom. The summed E-state index contributed by atoms with van der Waals surface area (Å²) < 4.78 is 0. The van der Waals surface area contributed by atoms with Gasteiger partial charge < -0.3 is 5.32 Å². The highest BCUT2D eigenvalue weighted by Crippen LogP contribution is 1.98. The monoisotopic (exact) mass is 127 g/mol. The summed E-state index contributed by atoms with van der Waals surface area (Å²) in [7, 11) is 1.79. The third-order valence-corrected chi connectivity index (χ3v) is 1.02. The summed E-state index contributed by atoms with van der Waals surface area (Å²) >= 11 is 0. The van der Waals surface area contributed by atoms with Crippen LogP contribution in [-0.4, -0.2) is 13.3 Å². The van der Waals surface area contributed by atoms with Crippen LogP contribution in [0.3, 0.4) is 0 Å². The Labute approximate surface area is 56.0 Å². The molecule has 0 aliphatic carbocycles. The van der Waals surface area contributed by atoms with Crippen molar-refractivity contribution in [1.82, 2.24) is 5.32 Å². The maximum Gasteiger partial charge on any atom is 0.147 e. The molecule has 0 aliphatic heterocycles. The van der Waals surface area contributed by atoms with Gasteiger partial charge >= 0.3 is 0 Å². The van der Waals surface area contributed by atoms with Gasteiger partial charge in [0, 0.05) is 18.8 Å². The number of carbonyl (C=O) groups is 1. The molecule has 0 aromatic carbocycles. The molecule has 2 nitrogen and oxygen atoms in total. The normalized spacial score (nSPS) is 11.1. The molecule has 0 rings (SSSR count). The van der Waals surface area contributed by atoms with Gasteiger partial charge in [0.15, 0.2) is 0 Å². The number of hydrogen-bond acceptors (Lipinski definition) is 2. The van der Waals surface area contributed by atoms with Gasteiger partial charge in [-0.25, -0.2) is 0 Å². The van der Waals surface area contributed by atoms with E-state index in [1.165, 1.54) is 0 Å². The molecule has 2 heteroatoms. The highest BCUT2D eigenvalue weighted by molar-refractivity contribution is 5.72. The Kier molecular flexibility index (Phi) is 4.88. The van der Waals surface area contributed by atoms with Gasteiger partial charge in [0.05, 0.1) is 0 Å². The van der Waals surface area contributed by atoms with Crippen LogP contribution in [0.1, 0.15) is 19.8 Å². The van der Waals surface area contributed by atoms with Crippen LogP contribution >= 0.6 is 0 Å². The number of aldehydes is 1. The fourth-order valence-electron chi connectivity index (χ4n) is 0.639. The molecule has 0 heterocycles. The molecular formula is C7H13NO. The molecule has 0 atom stereocenters. The second-order valence-electron chi connectivity index (χ2n) is 1.88. The van der Waals surface area contributed by atoms with E-state index in [1.807, 2.05) is 6.92 Å². The average molecular weight is 127 g/mol. The van der Waals surface area contributed by atoms with Crippen molar-refractivity contribution >= 4 is 6.29 Å². The van der Waals surface area contributed by atoms with Crippen LogP contribution < -0.4 is 5.32 Å². The molecule has 0 unspecified atom stereocenters.